The molecule has 2 rings (SSSR count). The van der Waals surface area contributed by atoms with E-state index in [1.807, 2.05) is 12.1 Å². The third kappa shape index (κ3) is 3.61. The first-order chi connectivity index (χ1) is 8.97. The SMILES string of the molecule is CC1CC(C)CC(Oc2cccc(Cl)c2C(N)=S)C1. The van der Waals surface area contributed by atoms with Gasteiger partial charge in [0, 0.05) is 0 Å². The van der Waals surface area contributed by atoms with Crippen molar-refractivity contribution in [3.05, 3.63) is 28.8 Å². The molecule has 104 valence electrons. The van der Waals surface area contributed by atoms with Crippen LogP contribution in [-0.2, 0) is 0 Å². The monoisotopic (exact) mass is 297 g/mol. The van der Waals surface area contributed by atoms with E-state index in [9.17, 15) is 0 Å². The number of ether oxygens (including phenoxy) is 1. The molecule has 0 amide bonds. The van der Waals surface area contributed by atoms with Crippen LogP contribution in [-0.4, -0.2) is 11.1 Å². The Bertz CT molecular complexity index is 467. The zero-order chi connectivity index (χ0) is 14.0. The normalized spacial score (nSPS) is 27.0. The minimum absolute atomic E-state index is 0.227. The maximum Gasteiger partial charge on any atom is 0.131 e. The lowest BCUT2D eigenvalue weighted by Gasteiger charge is -2.32. The molecule has 0 spiro atoms. The highest BCUT2D eigenvalue weighted by Crippen LogP contribution is 2.33. The summed E-state index contributed by atoms with van der Waals surface area (Å²) in [5, 5.41) is 0.557. The van der Waals surface area contributed by atoms with Crippen LogP contribution in [0.25, 0.3) is 0 Å². The highest BCUT2D eigenvalue weighted by molar-refractivity contribution is 7.80. The van der Waals surface area contributed by atoms with E-state index >= 15 is 0 Å². The molecule has 19 heavy (non-hydrogen) atoms. The highest BCUT2D eigenvalue weighted by Gasteiger charge is 2.26. The zero-order valence-corrected chi connectivity index (χ0v) is 12.9. The second-order valence-corrected chi connectivity index (χ2v) is 6.48. The summed E-state index contributed by atoms with van der Waals surface area (Å²) in [6.45, 7) is 4.55. The number of hydrogen-bond acceptors (Lipinski definition) is 2. The van der Waals surface area contributed by atoms with Gasteiger partial charge in [-0.05, 0) is 43.2 Å². The first kappa shape index (κ1) is 14.6. The molecule has 2 atom stereocenters. The molecule has 0 radical (unpaired) electrons. The summed E-state index contributed by atoms with van der Waals surface area (Å²) in [6.07, 6.45) is 3.66. The fourth-order valence-corrected chi connectivity index (χ4v) is 3.52. The molecule has 2 unspecified atom stereocenters. The van der Waals surface area contributed by atoms with Crippen molar-refractivity contribution in [2.45, 2.75) is 39.2 Å². The van der Waals surface area contributed by atoms with Gasteiger partial charge in [-0.25, -0.2) is 0 Å². The average molecular weight is 298 g/mol. The van der Waals surface area contributed by atoms with Crippen molar-refractivity contribution in [2.24, 2.45) is 17.6 Å². The number of rotatable bonds is 3. The van der Waals surface area contributed by atoms with Crippen LogP contribution >= 0.6 is 23.8 Å². The molecule has 0 aliphatic heterocycles. The number of benzene rings is 1. The molecule has 1 aliphatic rings. The molecule has 0 saturated heterocycles. The van der Waals surface area contributed by atoms with Gasteiger partial charge in [-0.15, -0.1) is 0 Å². The predicted molar refractivity (Wildman–Crippen MR) is 83.9 cm³/mol. The second-order valence-electron chi connectivity index (χ2n) is 5.63. The van der Waals surface area contributed by atoms with Gasteiger partial charge >= 0.3 is 0 Å². The number of thiocarbonyl (C=S) groups is 1. The van der Waals surface area contributed by atoms with E-state index in [2.05, 4.69) is 13.8 Å². The van der Waals surface area contributed by atoms with E-state index in [4.69, 9.17) is 34.3 Å². The van der Waals surface area contributed by atoms with Crippen molar-refractivity contribution in [3.8, 4) is 5.75 Å². The second kappa shape index (κ2) is 6.10. The Morgan fingerprint density at radius 2 is 1.89 bits per heavy atom. The summed E-state index contributed by atoms with van der Waals surface area (Å²) < 4.78 is 6.12. The van der Waals surface area contributed by atoms with Crippen LogP contribution in [0, 0.1) is 11.8 Å². The Kier molecular flexibility index (Phi) is 4.69. The smallest absolute Gasteiger partial charge is 0.131 e. The summed E-state index contributed by atoms with van der Waals surface area (Å²) in [4.78, 5) is 0.289. The summed E-state index contributed by atoms with van der Waals surface area (Å²) in [5.74, 6) is 2.11. The molecule has 1 saturated carbocycles. The fourth-order valence-electron chi connectivity index (χ4n) is 2.99. The van der Waals surface area contributed by atoms with Gasteiger partial charge in [-0.2, -0.15) is 0 Å². The lowest BCUT2D eigenvalue weighted by Crippen LogP contribution is -2.29. The van der Waals surface area contributed by atoms with Gasteiger partial charge in [0.1, 0.15) is 10.7 Å². The summed E-state index contributed by atoms with van der Waals surface area (Å²) in [6, 6.07) is 5.55. The van der Waals surface area contributed by atoms with Gasteiger partial charge in [-0.3, -0.25) is 0 Å². The molecule has 0 aromatic heterocycles. The van der Waals surface area contributed by atoms with Crippen molar-refractivity contribution in [2.75, 3.05) is 0 Å². The van der Waals surface area contributed by atoms with E-state index in [0.29, 0.717) is 28.2 Å². The van der Waals surface area contributed by atoms with E-state index in [0.717, 1.165) is 12.8 Å². The van der Waals surface area contributed by atoms with Crippen LogP contribution in [0.4, 0.5) is 0 Å². The van der Waals surface area contributed by atoms with E-state index in [1.54, 1.807) is 6.07 Å². The van der Waals surface area contributed by atoms with Crippen molar-refractivity contribution in [1.82, 2.24) is 0 Å². The van der Waals surface area contributed by atoms with E-state index < -0.39 is 0 Å². The van der Waals surface area contributed by atoms with Gasteiger partial charge < -0.3 is 10.5 Å². The molecule has 2 nitrogen and oxygen atoms in total. The summed E-state index contributed by atoms with van der Waals surface area (Å²) >= 11 is 11.2. The lowest BCUT2D eigenvalue weighted by molar-refractivity contribution is 0.101. The average Bonchev–Trinajstić information content (AvgIpc) is 2.26. The Hall–Kier alpha value is -0.800. The fraction of sp³-hybridized carbons (Fsp3) is 0.533. The Labute approximate surface area is 125 Å². The van der Waals surface area contributed by atoms with Crippen LogP contribution in [0.3, 0.4) is 0 Å². The molecule has 2 N–H and O–H groups in total. The van der Waals surface area contributed by atoms with Crippen LogP contribution in [0.5, 0.6) is 5.75 Å². The van der Waals surface area contributed by atoms with Gasteiger partial charge in [0.25, 0.3) is 0 Å². The number of hydrogen-bond donors (Lipinski definition) is 1. The molecule has 1 aromatic carbocycles. The van der Waals surface area contributed by atoms with Gasteiger partial charge in [-0.1, -0.05) is 43.7 Å². The third-order valence-electron chi connectivity index (χ3n) is 3.65. The van der Waals surface area contributed by atoms with Crippen molar-refractivity contribution in [3.63, 3.8) is 0 Å². The van der Waals surface area contributed by atoms with Gasteiger partial charge in [0.15, 0.2) is 0 Å². The van der Waals surface area contributed by atoms with Crippen molar-refractivity contribution in [1.29, 1.82) is 0 Å². The maximum absolute atomic E-state index is 6.15. The van der Waals surface area contributed by atoms with Crippen LogP contribution in [0.15, 0.2) is 18.2 Å². The van der Waals surface area contributed by atoms with Crippen LogP contribution < -0.4 is 10.5 Å². The van der Waals surface area contributed by atoms with Crippen LogP contribution in [0.1, 0.15) is 38.7 Å². The van der Waals surface area contributed by atoms with Gasteiger partial charge in [0.2, 0.25) is 0 Å². The van der Waals surface area contributed by atoms with E-state index in [-0.39, 0.29) is 11.1 Å². The third-order valence-corrected chi connectivity index (χ3v) is 4.17. The largest absolute Gasteiger partial charge is 0.490 e. The molecule has 0 heterocycles. The van der Waals surface area contributed by atoms with Crippen molar-refractivity contribution < 1.29 is 4.74 Å². The molecular weight excluding hydrogens is 278 g/mol. The number of nitrogens with two attached hydrogens (primary N) is 1. The lowest BCUT2D eigenvalue weighted by atomic mass is 9.82. The highest BCUT2D eigenvalue weighted by atomic mass is 35.5. The summed E-state index contributed by atoms with van der Waals surface area (Å²) in [7, 11) is 0. The standard InChI is InChI=1S/C15H20ClNOS/c1-9-6-10(2)8-11(7-9)18-13-5-3-4-12(16)14(13)15(17)19/h3-5,9-11H,6-8H2,1-2H3,(H2,17,19). The zero-order valence-electron chi connectivity index (χ0n) is 11.4. The Balaban J connectivity index is 2.19. The van der Waals surface area contributed by atoms with Crippen LogP contribution in [0.2, 0.25) is 5.02 Å². The molecule has 1 fully saturated rings. The van der Waals surface area contributed by atoms with Crippen molar-refractivity contribution >= 4 is 28.8 Å². The minimum Gasteiger partial charge on any atom is -0.490 e. The topological polar surface area (TPSA) is 35.2 Å². The first-order valence-electron chi connectivity index (χ1n) is 6.72. The predicted octanol–water partition coefficient (Wildman–Crippen LogP) is 4.18. The number of halogens is 1. The minimum atomic E-state index is 0.227. The Morgan fingerprint density at radius 1 is 1.26 bits per heavy atom. The summed E-state index contributed by atoms with van der Waals surface area (Å²) in [5.41, 5.74) is 6.40. The van der Waals surface area contributed by atoms with Gasteiger partial charge in [0.05, 0.1) is 16.7 Å². The quantitative estimate of drug-likeness (QED) is 0.850. The molecular formula is C15H20ClNOS. The first-order valence-corrected chi connectivity index (χ1v) is 7.51. The molecule has 4 heteroatoms. The van der Waals surface area contributed by atoms with E-state index in [1.165, 1.54) is 6.42 Å². The molecule has 1 aromatic rings. The maximum atomic E-state index is 6.15. The Morgan fingerprint density at radius 3 is 2.47 bits per heavy atom. The molecule has 1 aliphatic carbocycles. The molecule has 0 bridgehead atoms.